The summed E-state index contributed by atoms with van der Waals surface area (Å²) in [6, 6.07) is 2.58. The average Bonchev–Trinajstić information content (AvgIpc) is 3.04. The molecule has 0 spiro atoms. The predicted octanol–water partition coefficient (Wildman–Crippen LogP) is 0.481. The van der Waals surface area contributed by atoms with Crippen molar-refractivity contribution in [2.45, 2.75) is 26.0 Å². The minimum absolute atomic E-state index is 0.0220. The number of hydrogen-bond donors (Lipinski definition) is 2. The zero-order valence-electron chi connectivity index (χ0n) is 13.9. The number of hydrogen-bond acceptors (Lipinski definition) is 5. The van der Waals surface area contributed by atoms with Gasteiger partial charge in [0.2, 0.25) is 5.91 Å². The van der Waals surface area contributed by atoms with E-state index >= 15 is 0 Å². The summed E-state index contributed by atoms with van der Waals surface area (Å²) in [4.78, 5) is 26.6. The SMILES string of the molecule is CC(C)[C@@H](NC(=O)c1ccco1)C(=O)NC[C@@H]1CN(C)CCO1. The lowest BCUT2D eigenvalue weighted by Crippen LogP contribution is -2.53. The average molecular weight is 323 g/mol. The summed E-state index contributed by atoms with van der Waals surface area (Å²) in [6.07, 6.45) is 1.40. The van der Waals surface area contributed by atoms with Gasteiger partial charge in [0.1, 0.15) is 6.04 Å². The number of carbonyl (C=O) groups excluding carboxylic acids is 2. The molecule has 2 atom stereocenters. The van der Waals surface area contributed by atoms with E-state index in [9.17, 15) is 9.59 Å². The molecule has 0 unspecified atom stereocenters. The Bertz CT molecular complexity index is 515. The third kappa shape index (κ3) is 5.07. The van der Waals surface area contributed by atoms with Crippen molar-refractivity contribution in [2.75, 3.05) is 33.3 Å². The summed E-state index contributed by atoms with van der Waals surface area (Å²) in [7, 11) is 2.03. The van der Waals surface area contributed by atoms with Crippen LogP contribution in [0.1, 0.15) is 24.4 Å². The molecule has 1 saturated heterocycles. The molecule has 7 heteroatoms. The van der Waals surface area contributed by atoms with Gasteiger partial charge in [0, 0.05) is 19.6 Å². The van der Waals surface area contributed by atoms with Gasteiger partial charge in [0.25, 0.3) is 5.91 Å². The smallest absolute Gasteiger partial charge is 0.287 e. The number of carbonyl (C=O) groups is 2. The molecule has 0 radical (unpaired) electrons. The van der Waals surface area contributed by atoms with Gasteiger partial charge in [0.15, 0.2) is 5.76 Å². The molecule has 0 bridgehead atoms. The zero-order valence-corrected chi connectivity index (χ0v) is 13.9. The number of morpholine rings is 1. The van der Waals surface area contributed by atoms with Crippen molar-refractivity contribution in [2.24, 2.45) is 5.92 Å². The summed E-state index contributed by atoms with van der Waals surface area (Å²) in [5.41, 5.74) is 0. The monoisotopic (exact) mass is 323 g/mol. The molecule has 0 saturated carbocycles. The van der Waals surface area contributed by atoms with Gasteiger partial charge in [-0.25, -0.2) is 0 Å². The Balaban J connectivity index is 1.86. The maximum Gasteiger partial charge on any atom is 0.287 e. The molecule has 0 aromatic carbocycles. The minimum Gasteiger partial charge on any atom is -0.459 e. The third-order valence-corrected chi connectivity index (χ3v) is 3.83. The summed E-state index contributed by atoms with van der Waals surface area (Å²) >= 11 is 0. The van der Waals surface area contributed by atoms with Crippen LogP contribution in [0.5, 0.6) is 0 Å². The first-order chi connectivity index (χ1) is 11.0. The van der Waals surface area contributed by atoms with E-state index in [1.807, 2.05) is 20.9 Å². The summed E-state index contributed by atoms with van der Waals surface area (Å²) in [6.45, 7) is 6.56. The number of ether oxygens (including phenoxy) is 1. The van der Waals surface area contributed by atoms with Crippen LogP contribution >= 0.6 is 0 Å². The number of furan rings is 1. The van der Waals surface area contributed by atoms with E-state index in [4.69, 9.17) is 9.15 Å². The molecule has 2 heterocycles. The highest BCUT2D eigenvalue weighted by atomic mass is 16.5. The Kier molecular flexibility index (Phi) is 6.18. The molecule has 2 N–H and O–H groups in total. The van der Waals surface area contributed by atoms with Crippen LogP contribution in [-0.2, 0) is 9.53 Å². The first-order valence-electron chi connectivity index (χ1n) is 7.89. The fraction of sp³-hybridized carbons (Fsp3) is 0.625. The van der Waals surface area contributed by atoms with Crippen molar-refractivity contribution in [3.8, 4) is 0 Å². The highest BCUT2D eigenvalue weighted by Gasteiger charge is 2.26. The molecule has 1 aliphatic rings. The molecule has 23 heavy (non-hydrogen) atoms. The van der Waals surface area contributed by atoms with Crippen LogP contribution in [0.2, 0.25) is 0 Å². The molecule has 1 aromatic heterocycles. The van der Waals surface area contributed by atoms with Crippen LogP contribution in [-0.4, -0.2) is 62.1 Å². The lowest BCUT2D eigenvalue weighted by Gasteiger charge is -2.30. The van der Waals surface area contributed by atoms with Crippen molar-refractivity contribution in [3.05, 3.63) is 24.2 Å². The molecule has 1 fully saturated rings. The molecular weight excluding hydrogens is 298 g/mol. The fourth-order valence-electron chi connectivity index (χ4n) is 2.47. The van der Waals surface area contributed by atoms with E-state index in [-0.39, 0.29) is 23.7 Å². The van der Waals surface area contributed by atoms with E-state index in [0.717, 1.165) is 13.1 Å². The highest BCUT2D eigenvalue weighted by Crippen LogP contribution is 2.07. The third-order valence-electron chi connectivity index (χ3n) is 3.83. The Morgan fingerprint density at radius 3 is 2.83 bits per heavy atom. The van der Waals surface area contributed by atoms with Crippen LogP contribution in [0.3, 0.4) is 0 Å². The lowest BCUT2D eigenvalue weighted by molar-refractivity contribution is -0.125. The summed E-state index contributed by atoms with van der Waals surface area (Å²) in [5, 5.41) is 5.59. The maximum atomic E-state index is 12.4. The zero-order chi connectivity index (χ0) is 16.8. The molecule has 7 nitrogen and oxygen atoms in total. The number of nitrogens with one attached hydrogen (secondary N) is 2. The van der Waals surface area contributed by atoms with Gasteiger partial charge < -0.3 is 24.7 Å². The van der Waals surface area contributed by atoms with E-state index in [1.54, 1.807) is 12.1 Å². The molecule has 1 aliphatic heterocycles. The quantitative estimate of drug-likeness (QED) is 0.795. The van der Waals surface area contributed by atoms with Crippen molar-refractivity contribution in [1.29, 1.82) is 0 Å². The van der Waals surface area contributed by atoms with E-state index in [1.165, 1.54) is 6.26 Å². The number of rotatable bonds is 6. The van der Waals surface area contributed by atoms with Gasteiger partial charge in [-0.15, -0.1) is 0 Å². The maximum absolute atomic E-state index is 12.4. The second-order valence-electron chi connectivity index (χ2n) is 6.17. The van der Waals surface area contributed by atoms with Crippen molar-refractivity contribution in [3.63, 3.8) is 0 Å². The highest BCUT2D eigenvalue weighted by molar-refractivity contribution is 5.95. The minimum atomic E-state index is -0.617. The Morgan fingerprint density at radius 1 is 1.43 bits per heavy atom. The van der Waals surface area contributed by atoms with E-state index in [0.29, 0.717) is 13.2 Å². The Labute approximate surface area is 136 Å². The van der Waals surface area contributed by atoms with Gasteiger partial charge in [-0.2, -0.15) is 0 Å². The van der Waals surface area contributed by atoms with E-state index < -0.39 is 11.9 Å². The molecule has 0 aliphatic carbocycles. The van der Waals surface area contributed by atoms with E-state index in [2.05, 4.69) is 15.5 Å². The standard InChI is InChI=1S/C16H25N3O4/c1-11(2)14(18-15(20)13-5-4-7-23-13)16(21)17-9-12-10-19(3)6-8-22-12/h4-5,7,11-12,14H,6,8-10H2,1-3H3,(H,17,21)(H,18,20)/t12-,14-/m1/s1. The summed E-state index contributed by atoms with van der Waals surface area (Å²) < 4.78 is 10.7. The first kappa shape index (κ1) is 17.5. The topological polar surface area (TPSA) is 83.8 Å². The molecular formula is C16H25N3O4. The normalized spacial score (nSPS) is 20.3. The van der Waals surface area contributed by atoms with Gasteiger partial charge in [-0.05, 0) is 25.1 Å². The Morgan fingerprint density at radius 2 is 2.22 bits per heavy atom. The number of amides is 2. The van der Waals surface area contributed by atoms with Crippen molar-refractivity contribution < 1.29 is 18.7 Å². The van der Waals surface area contributed by atoms with Crippen molar-refractivity contribution in [1.82, 2.24) is 15.5 Å². The van der Waals surface area contributed by atoms with Gasteiger partial charge in [-0.1, -0.05) is 13.8 Å². The second kappa shape index (κ2) is 8.12. The van der Waals surface area contributed by atoms with Crippen LogP contribution in [0, 0.1) is 5.92 Å². The van der Waals surface area contributed by atoms with Crippen LogP contribution < -0.4 is 10.6 Å². The fourth-order valence-corrected chi connectivity index (χ4v) is 2.47. The summed E-state index contributed by atoms with van der Waals surface area (Å²) in [5.74, 6) is -0.446. The van der Waals surface area contributed by atoms with Crippen LogP contribution in [0.15, 0.2) is 22.8 Å². The van der Waals surface area contributed by atoms with Gasteiger partial charge >= 0.3 is 0 Å². The largest absolute Gasteiger partial charge is 0.459 e. The molecule has 1 aromatic rings. The molecule has 2 rings (SSSR count). The lowest BCUT2D eigenvalue weighted by atomic mass is 10.0. The number of likely N-dealkylation sites (N-methyl/N-ethyl adjacent to an activating group) is 1. The van der Waals surface area contributed by atoms with Gasteiger partial charge in [0.05, 0.1) is 19.0 Å². The second-order valence-corrected chi connectivity index (χ2v) is 6.17. The molecule has 128 valence electrons. The first-order valence-corrected chi connectivity index (χ1v) is 7.89. The van der Waals surface area contributed by atoms with Crippen molar-refractivity contribution >= 4 is 11.8 Å². The van der Waals surface area contributed by atoms with Crippen LogP contribution in [0.25, 0.3) is 0 Å². The Hall–Kier alpha value is -1.86. The van der Waals surface area contributed by atoms with Gasteiger partial charge in [-0.3, -0.25) is 9.59 Å². The predicted molar refractivity (Wildman–Crippen MR) is 85.0 cm³/mol. The molecule has 2 amide bonds. The number of nitrogens with zero attached hydrogens (tertiary/aromatic N) is 1. The van der Waals surface area contributed by atoms with Crippen LogP contribution in [0.4, 0.5) is 0 Å².